The van der Waals surface area contributed by atoms with Crippen molar-refractivity contribution in [3.63, 3.8) is 0 Å². The van der Waals surface area contributed by atoms with E-state index < -0.39 is 0 Å². The second-order valence-corrected chi connectivity index (χ2v) is 6.02. The van der Waals surface area contributed by atoms with Crippen LogP contribution in [0.25, 0.3) is 16.7 Å². The number of anilines is 2. The Hall–Kier alpha value is -3.06. The molecule has 1 nitrogen and oxygen atoms in total. The van der Waals surface area contributed by atoms with Crippen LogP contribution >= 0.6 is 0 Å². The molecule has 0 radical (unpaired) electrons. The fraction of sp³-hybridized carbons (Fsp3) is 0.0833. The first-order valence-electron chi connectivity index (χ1n) is 8.59. The first kappa shape index (κ1) is 16.8. The van der Waals surface area contributed by atoms with E-state index in [0.717, 1.165) is 11.4 Å². The molecule has 0 aromatic heterocycles. The third-order valence-electron chi connectivity index (χ3n) is 4.14. The minimum Gasteiger partial charge on any atom is -0.356 e. The van der Waals surface area contributed by atoms with Crippen molar-refractivity contribution in [1.29, 1.82) is 0 Å². The normalized spacial score (nSPS) is 11.7. The maximum absolute atomic E-state index is 3.49. The van der Waals surface area contributed by atoms with Crippen LogP contribution in [0.5, 0.6) is 0 Å². The largest absolute Gasteiger partial charge is 0.356 e. The molecule has 0 bridgehead atoms. The smallest absolute Gasteiger partial charge is 0.0390 e. The molecule has 0 saturated heterocycles. The summed E-state index contributed by atoms with van der Waals surface area (Å²) in [6.45, 7) is 4.16. The number of benzene rings is 3. The number of hydrogen-bond donors (Lipinski definition) is 1. The van der Waals surface area contributed by atoms with E-state index in [0.29, 0.717) is 0 Å². The van der Waals surface area contributed by atoms with Gasteiger partial charge in [-0.2, -0.15) is 0 Å². The van der Waals surface area contributed by atoms with Gasteiger partial charge < -0.3 is 5.32 Å². The van der Waals surface area contributed by atoms with Gasteiger partial charge in [0.1, 0.15) is 0 Å². The van der Waals surface area contributed by atoms with Gasteiger partial charge in [-0.25, -0.2) is 0 Å². The van der Waals surface area contributed by atoms with Crippen LogP contribution < -0.4 is 5.32 Å². The molecule has 0 spiro atoms. The van der Waals surface area contributed by atoms with Gasteiger partial charge in [0.05, 0.1) is 0 Å². The predicted molar refractivity (Wildman–Crippen MR) is 110 cm³/mol. The van der Waals surface area contributed by atoms with Crippen molar-refractivity contribution in [3.8, 4) is 11.1 Å². The van der Waals surface area contributed by atoms with Crippen molar-refractivity contribution in [2.45, 2.75) is 13.8 Å². The molecule has 0 fully saturated rings. The highest BCUT2D eigenvalue weighted by atomic mass is 14.9. The molecule has 0 unspecified atom stereocenters. The third-order valence-corrected chi connectivity index (χ3v) is 4.14. The van der Waals surface area contributed by atoms with Crippen molar-refractivity contribution in [2.24, 2.45) is 0 Å². The molecule has 0 aliphatic rings. The van der Waals surface area contributed by atoms with Crippen molar-refractivity contribution < 1.29 is 0 Å². The molecular formula is C24H23N. The summed E-state index contributed by atoms with van der Waals surface area (Å²) >= 11 is 0. The van der Waals surface area contributed by atoms with Gasteiger partial charge in [-0.15, -0.1) is 0 Å². The number of nitrogens with one attached hydrogen (secondary N) is 1. The zero-order valence-corrected chi connectivity index (χ0v) is 14.7. The summed E-state index contributed by atoms with van der Waals surface area (Å²) in [5.41, 5.74) is 7.13. The highest BCUT2D eigenvalue weighted by Crippen LogP contribution is 2.25. The van der Waals surface area contributed by atoms with Crippen LogP contribution in [0.3, 0.4) is 0 Å². The average Bonchev–Trinajstić information content (AvgIpc) is 2.67. The topological polar surface area (TPSA) is 12.0 Å². The van der Waals surface area contributed by atoms with E-state index in [1.165, 1.54) is 22.3 Å². The Kier molecular flexibility index (Phi) is 5.48. The second kappa shape index (κ2) is 8.16. The highest BCUT2D eigenvalue weighted by molar-refractivity contribution is 5.72. The lowest BCUT2D eigenvalue weighted by Gasteiger charge is -2.10. The maximum Gasteiger partial charge on any atom is 0.0390 e. The van der Waals surface area contributed by atoms with E-state index in [-0.39, 0.29) is 0 Å². The van der Waals surface area contributed by atoms with Gasteiger partial charge in [0.25, 0.3) is 0 Å². The summed E-state index contributed by atoms with van der Waals surface area (Å²) in [7, 11) is 0. The van der Waals surface area contributed by atoms with Gasteiger partial charge in [0.15, 0.2) is 0 Å². The van der Waals surface area contributed by atoms with Gasteiger partial charge >= 0.3 is 0 Å². The lowest BCUT2D eigenvalue weighted by molar-refractivity contribution is 1.51. The molecule has 124 valence electrons. The molecule has 1 heteroatoms. The van der Waals surface area contributed by atoms with Crippen LogP contribution in [0.2, 0.25) is 0 Å². The van der Waals surface area contributed by atoms with E-state index in [2.05, 4.69) is 97.2 Å². The van der Waals surface area contributed by atoms with E-state index in [9.17, 15) is 0 Å². The van der Waals surface area contributed by atoms with E-state index in [1.807, 2.05) is 19.1 Å². The minimum atomic E-state index is 1.09. The first-order valence-corrected chi connectivity index (χ1v) is 8.59. The summed E-state index contributed by atoms with van der Waals surface area (Å²) in [6, 6.07) is 27.5. The summed E-state index contributed by atoms with van der Waals surface area (Å²) < 4.78 is 0. The molecule has 0 amide bonds. The molecule has 0 heterocycles. The number of rotatable bonds is 5. The molecule has 0 atom stereocenters. The number of hydrogen-bond acceptors (Lipinski definition) is 1. The lowest BCUT2D eigenvalue weighted by Crippen LogP contribution is -1.91. The van der Waals surface area contributed by atoms with Gasteiger partial charge in [-0.3, -0.25) is 0 Å². The highest BCUT2D eigenvalue weighted by Gasteiger charge is 2.00. The lowest BCUT2D eigenvalue weighted by atomic mass is 10.0. The monoisotopic (exact) mass is 325 g/mol. The van der Waals surface area contributed by atoms with Crippen LogP contribution in [0, 0.1) is 0 Å². The van der Waals surface area contributed by atoms with Crippen LogP contribution in [0.4, 0.5) is 11.4 Å². The Balaban J connectivity index is 1.77. The Morgan fingerprint density at radius 3 is 2.20 bits per heavy atom. The summed E-state index contributed by atoms with van der Waals surface area (Å²) in [4.78, 5) is 0. The molecule has 1 N–H and O–H groups in total. The second-order valence-electron chi connectivity index (χ2n) is 6.02. The molecule has 3 aromatic rings. The molecule has 0 saturated carbocycles. The van der Waals surface area contributed by atoms with E-state index >= 15 is 0 Å². The van der Waals surface area contributed by atoms with Crippen LogP contribution in [0.15, 0.2) is 97.1 Å². The van der Waals surface area contributed by atoms with Crippen molar-refractivity contribution in [2.75, 3.05) is 5.32 Å². The predicted octanol–water partition coefficient (Wildman–Crippen LogP) is 7.08. The van der Waals surface area contributed by atoms with Gasteiger partial charge in [-0.1, -0.05) is 72.8 Å². The zero-order chi connectivity index (χ0) is 17.5. The Labute approximate surface area is 150 Å². The molecule has 3 aromatic carbocycles. The Morgan fingerprint density at radius 1 is 0.760 bits per heavy atom. The first-order chi connectivity index (χ1) is 12.3. The van der Waals surface area contributed by atoms with E-state index in [4.69, 9.17) is 0 Å². The Morgan fingerprint density at radius 2 is 1.48 bits per heavy atom. The molecular weight excluding hydrogens is 302 g/mol. The van der Waals surface area contributed by atoms with Crippen molar-refractivity contribution >= 4 is 16.9 Å². The van der Waals surface area contributed by atoms with Crippen molar-refractivity contribution in [3.05, 3.63) is 103 Å². The van der Waals surface area contributed by atoms with Crippen molar-refractivity contribution in [1.82, 2.24) is 0 Å². The minimum absolute atomic E-state index is 1.09. The average molecular weight is 325 g/mol. The molecule has 3 rings (SSSR count). The fourth-order valence-corrected chi connectivity index (χ4v) is 2.72. The molecule has 25 heavy (non-hydrogen) atoms. The van der Waals surface area contributed by atoms with E-state index in [1.54, 1.807) is 0 Å². The summed E-state index contributed by atoms with van der Waals surface area (Å²) in [5.74, 6) is 0. The third kappa shape index (κ3) is 4.48. The summed E-state index contributed by atoms with van der Waals surface area (Å²) in [6.07, 6.45) is 6.24. The van der Waals surface area contributed by atoms with Gasteiger partial charge in [0, 0.05) is 11.4 Å². The molecule has 0 aliphatic heterocycles. The van der Waals surface area contributed by atoms with Crippen LogP contribution in [-0.2, 0) is 0 Å². The van der Waals surface area contributed by atoms with Gasteiger partial charge in [-0.05, 0) is 60.4 Å². The maximum atomic E-state index is 3.49. The van der Waals surface area contributed by atoms with Crippen LogP contribution in [0.1, 0.15) is 19.4 Å². The SMILES string of the molecule is C/C=C\C=C(/C)c1cccc(Nc2ccc(-c3ccccc3)cc2)c1. The quantitative estimate of drug-likeness (QED) is 0.494. The summed E-state index contributed by atoms with van der Waals surface area (Å²) in [5, 5.41) is 3.49. The van der Waals surface area contributed by atoms with Crippen LogP contribution in [-0.4, -0.2) is 0 Å². The number of allylic oxidation sites excluding steroid dienone is 4. The molecule has 0 aliphatic carbocycles. The standard InChI is InChI=1S/C24H23N/c1-3-4-9-19(2)22-12-8-13-24(18-22)25-23-16-14-21(15-17-23)20-10-6-5-7-11-20/h3-18,25H,1-2H3/b4-3-,19-9+. The zero-order valence-electron chi connectivity index (χ0n) is 14.7. The fourth-order valence-electron chi connectivity index (χ4n) is 2.72. The van der Waals surface area contributed by atoms with Gasteiger partial charge in [0.2, 0.25) is 0 Å². The Bertz CT molecular complexity index is 871.